The van der Waals surface area contributed by atoms with Crippen molar-refractivity contribution in [3.63, 3.8) is 0 Å². The molecule has 0 saturated heterocycles. The largest absolute Gasteiger partial charge is 0.481 e. The maximum atomic E-state index is 11.9. The highest BCUT2D eigenvalue weighted by Crippen LogP contribution is 2.52. The number of carboxylic acids is 1. The van der Waals surface area contributed by atoms with E-state index < -0.39 is 17.0 Å². The minimum atomic E-state index is -1.41. The summed E-state index contributed by atoms with van der Waals surface area (Å²) in [4.78, 5) is 15.8. The van der Waals surface area contributed by atoms with Crippen LogP contribution in [-0.4, -0.2) is 36.5 Å². The molecule has 0 bridgehead atoms. The first kappa shape index (κ1) is 16.9. The number of benzene rings is 1. The molecule has 1 aliphatic carbocycles. The van der Waals surface area contributed by atoms with Gasteiger partial charge < -0.3 is 10.2 Å². The van der Waals surface area contributed by atoms with Crippen LogP contribution in [0.5, 0.6) is 0 Å². The molecule has 1 aromatic heterocycles. The number of aromatic nitrogens is 3. The molecule has 7 heteroatoms. The first-order valence-electron chi connectivity index (χ1n) is 7.88. The minimum absolute atomic E-state index is 0.105. The molecule has 3 rings (SSSR count). The highest BCUT2D eigenvalue weighted by molar-refractivity contribution is 6.30. The minimum Gasteiger partial charge on any atom is -0.481 e. The van der Waals surface area contributed by atoms with Gasteiger partial charge >= 0.3 is 5.97 Å². The number of carbonyl (C=O) groups is 1. The molecular formula is C17H20ClN3O3. The van der Waals surface area contributed by atoms with Gasteiger partial charge in [0.25, 0.3) is 0 Å². The van der Waals surface area contributed by atoms with Gasteiger partial charge in [-0.05, 0) is 49.8 Å². The summed E-state index contributed by atoms with van der Waals surface area (Å²) < 4.78 is 1.50. The Balaban J connectivity index is 1.92. The monoisotopic (exact) mass is 349 g/mol. The van der Waals surface area contributed by atoms with E-state index in [0.717, 1.165) is 5.56 Å². The molecule has 3 atom stereocenters. The van der Waals surface area contributed by atoms with E-state index in [1.165, 1.54) is 17.3 Å². The second kappa shape index (κ2) is 6.18. The van der Waals surface area contributed by atoms with Crippen molar-refractivity contribution in [1.82, 2.24) is 14.8 Å². The van der Waals surface area contributed by atoms with E-state index in [9.17, 15) is 15.0 Å². The first-order valence-corrected chi connectivity index (χ1v) is 8.25. The van der Waals surface area contributed by atoms with Gasteiger partial charge in [-0.25, -0.2) is 4.98 Å². The molecule has 2 N–H and O–H groups in total. The molecule has 1 saturated carbocycles. The molecule has 24 heavy (non-hydrogen) atoms. The first-order chi connectivity index (χ1) is 11.3. The van der Waals surface area contributed by atoms with Crippen LogP contribution in [0.1, 0.15) is 25.3 Å². The van der Waals surface area contributed by atoms with Crippen LogP contribution < -0.4 is 0 Å². The van der Waals surface area contributed by atoms with E-state index in [-0.39, 0.29) is 12.5 Å². The van der Waals surface area contributed by atoms with E-state index in [2.05, 4.69) is 10.1 Å². The quantitative estimate of drug-likeness (QED) is 0.865. The lowest BCUT2D eigenvalue weighted by atomic mass is 9.71. The lowest BCUT2D eigenvalue weighted by Gasteiger charge is -2.40. The Hall–Kier alpha value is -1.92. The van der Waals surface area contributed by atoms with Gasteiger partial charge in [-0.15, -0.1) is 0 Å². The Kier molecular flexibility index (Phi) is 4.36. The normalized spacial score (nSPS) is 29.7. The number of aliphatic hydroxyl groups is 1. The van der Waals surface area contributed by atoms with E-state index in [1.54, 1.807) is 19.1 Å². The van der Waals surface area contributed by atoms with Crippen LogP contribution in [0.15, 0.2) is 36.9 Å². The van der Waals surface area contributed by atoms with Gasteiger partial charge in [0.1, 0.15) is 18.3 Å². The van der Waals surface area contributed by atoms with Gasteiger partial charge in [0.15, 0.2) is 0 Å². The molecule has 1 fully saturated rings. The van der Waals surface area contributed by atoms with Crippen molar-refractivity contribution in [3.8, 4) is 0 Å². The summed E-state index contributed by atoms with van der Waals surface area (Å²) in [6, 6.07) is 7.43. The predicted molar refractivity (Wildman–Crippen MR) is 88.6 cm³/mol. The Morgan fingerprint density at radius 3 is 2.71 bits per heavy atom. The highest BCUT2D eigenvalue weighted by Gasteiger charge is 2.61. The van der Waals surface area contributed by atoms with Gasteiger partial charge in [0.05, 0.1) is 12.0 Å². The van der Waals surface area contributed by atoms with Gasteiger partial charge in [0.2, 0.25) is 0 Å². The third-order valence-corrected chi connectivity index (χ3v) is 5.61. The molecule has 3 unspecified atom stereocenters. The van der Waals surface area contributed by atoms with Crippen molar-refractivity contribution < 1.29 is 15.0 Å². The summed E-state index contributed by atoms with van der Waals surface area (Å²) >= 11 is 5.92. The fraction of sp³-hybridized carbons (Fsp3) is 0.471. The molecule has 0 aliphatic heterocycles. The summed E-state index contributed by atoms with van der Waals surface area (Å²) in [5, 5.41) is 25.9. The molecule has 0 amide bonds. The topological polar surface area (TPSA) is 88.2 Å². The zero-order valence-corrected chi connectivity index (χ0v) is 14.1. The fourth-order valence-electron chi connectivity index (χ4n) is 3.70. The van der Waals surface area contributed by atoms with Crippen molar-refractivity contribution in [2.75, 3.05) is 0 Å². The van der Waals surface area contributed by atoms with E-state index in [1.807, 2.05) is 12.1 Å². The Morgan fingerprint density at radius 2 is 2.12 bits per heavy atom. The summed E-state index contributed by atoms with van der Waals surface area (Å²) in [6.45, 7) is 1.72. The van der Waals surface area contributed by atoms with Crippen LogP contribution in [0.3, 0.4) is 0 Å². The molecular weight excluding hydrogens is 330 g/mol. The number of hydrogen-bond acceptors (Lipinski definition) is 4. The smallest absolute Gasteiger partial charge is 0.312 e. The van der Waals surface area contributed by atoms with Gasteiger partial charge in [-0.2, -0.15) is 5.10 Å². The number of hydrogen-bond donors (Lipinski definition) is 2. The average Bonchev–Trinajstić information content (AvgIpc) is 3.12. The third kappa shape index (κ3) is 2.80. The maximum Gasteiger partial charge on any atom is 0.312 e. The second-order valence-corrected chi connectivity index (χ2v) is 7.16. The van der Waals surface area contributed by atoms with Crippen LogP contribution in [0.25, 0.3) is 0 Å². The van der Waals surface area contributed by atoms with Crippen LogP contribution in [0.2, 0.25) is 5.02 Å². The molecule has 0 radical (unpaired) electrons. The predicted octanol–water partition coefficient (Wildman–Crippen LogP) is 2.41. The van der Waals surface area contributed by atoms with Gasteiger partial charge in [-0.3, -0.25) is 9.48 Å². The van der Waals surface area contributed by atoms with E-state index in [4.69, 9.17) is 11.6 Å². The number of halogens is 1. The van der Waals surface area contributed by atoms with E-state index >= 15 is 0 Å². The van der Waals surface area contributed by atoms with Crippen molar-refractivity contribution >= 4 is 17.6 Å². The fourth-order valence-corrected chi connectivity index (χ4v) is 3.83. The third-order valence-electron chi connectivity index (χ3n) is 5.36. The van der Waals surface area contributed by atoms with Crippen LogP contribution in [-0.2, 0) is 17.8 Å². The number of rotatable bonds is 5. The van der Waals surface area contributed by atoms with Crippen LogP contribution in [0.4, 0.5) is 0 Å². The van der Waals surface area contributed by atoms with Crippen LogP contribution >= 0.6 is 11.6 Å². The van der Waals surface area contributed by atoms with Crippen LogP contribution in [0, 0.1) is 11.3 Å². The molecule has 1 heterocycles. The van der Waals surface area contributed by atoms with Crippen molar-refractivity contribution in [3.05, 3.63) is 47.5 Å². The molecule has 6 nitrogen and oxygen atoms in total. The summed E-state index contributed by atoms with van der Waals surface area (Å²) in [5.41, 5.74) is -1.61. The summed E-state index contributed by atoms with van der Waals surface area (Å²) in [5.74, 6) is -1.17. The summed E-state index contributed by atoms with van der Waals surface area (Å²) in [6.07, 6.45) is 4.52. The number of carboxylic acid groups (broad SMARTS) is 1. The number of nitrogens with zero attached hydrogens (tertiary/aromatic N) is 3. The van der Waals surface area contributed by atoms with Gasteiger partial charge in [0, 0.05) is 5.02 Å². The van der Waals surface area contributed by atoms with E-state index in [0.29, 0.717) is 24.3 Å². The zero-order valence-electron chi connectivity index (χ0n) is 13.4. The van der Waals surface area contributed by atoms with Crippen molar-refractivity contribution in [1.29, 1.82) is 0 Å². The van der Waals surface area contributed by atoms with Crippen molar-refractivity contribution in [2.45, 2.75) is 38.3 Å². The molecule has 0 spiro atoms. The lowest BCUT2D eigenvalue weighted by Crippen LogP contribution is -2.54. The lowest BCUT2D eigenvalue weighted by molar-refractivity contribution is -0.169. The Bertz CT molecular complexity index is 719. The Labute approximate surface area is 145 Å². The van der Waals surface area contributed by atoms with Crippen molar-refractivity contribution in [2.24, 2.45) is 11.3 Å². The highest BCUT2D eigenvalue weighted by atomic mass is 35.5. The number of aliphatic carboxylic acids is 1. The second-order valence-electron chi connectivity index (χ2n) is 6.72. The zero-order chi connectivity index (χ0) is 17.4. The standard InChI is InChI=1S/C17H20ClN3O3/c1-16(15(22)23)7-6-13(8-12-2-4-14(18)5-3-12)17(16,24)9-21-11-19-10-20-21/h2-5,10-11,13,24H,6-9H2,1H3,(H,22,23). The average molecular weight is 350 g/mol. The molecule has 1 aromatic carbocycles. The molecule has 2 aromatic rings. The molecule has 1 aliphatic rings. The Morgan fingerprint density at radius 1 is 1.42 bits per heavy atom. The SMILES string of the molecule is CC1(C(=O)O)CCC(Cc2ccc(Cl)cc2)C1(O)Cn1cncn1. The van der Waals surface area contributed by atoms with Gasteiger partial charge in [-0.1, -0.05) is 23.7 Å². The summed E-state index contributed by atoms with van der Waals surface area (Å²) in [7, 11) is 0. The maximum absolute atomic E-state index is 11.9. The molecule has 128 valence electrons.